The molecule has 0 spiro atoms. The van der Waals surface area contributed by atoms with E-state index in [0.717, 1.165) is 0 Å². The van der Waals surface area contributed by atoms with Gasteiger partial charge in [0, 0.05) is 0 Å². The Morgan fingerprint density at radius 3 is 1.43 bits per heavy atom. The van der Waals surface area contributed by atoms with E-state index in [1.807, 2.05) is 0 Å². The minimum absolute atomic E-state index is 0.0243. The fourth-order valence-corrected chi connectivity index (χ4v) is 1.72. The van der Waals surface area contributed by atoms with E-state index in [2.05, 4.69) is 59.2 Å². The van der Waals surface area contributed by atoms with Gasteiger partial charge < -0.3 is 15.3 Å². The predicted octanol–water partition coefficient (Wildman–Crippen LogP) is 1.93. The molecule has 128 valence electrons. The van der Waals surface area contributed by atoms with E-state index in [1.165, 1.54) is 18.4 Å². The van der Waals surface area contributed by atoms with Gasteiger partial charge in [0.05, 0.1) is 0 Å². The third kappa shape index (κ3) is 26.5. The van der Waals surface area contributed by atoms with Gasteiger partial charge in [0.25, 0.3) is 0 Å². The van der Waals surface area contributed by atoms with Crippen LogP contribution in [0.5, 0.6) is 0 Å². The summed E-state index contributed by atoms with van der Waals surface area (Å²) in [6.45, 7) is 12.2. The average molecular weight is 354 g/mol. The Labute approximate surface area is 154 Å². The first-order chi connectivity index (χ1) is 11.1. The van der Waals surface area contributed by atoms with Gasteiger partial charge >= 0.3 is 61.8 Å². The zero-order chi connectivity index (χ0) is 18.3. The van der Waals surface area contributed by atoms with Crippen molar-refractivity contribution in [3.8, 4) is 0 Å². The van der Waals surface area contributed by atoms with E-state index in [0.29, 0.717) is 19.3 Å². The van der Waals surface area contributed by atoms with Crippen LogP contribution in [0.2, 0.25) is 0 Å². The maximum absolute atomic E-state index is 9.46. The summed E-state index contributed by atoms with van der Waals surface area (Å²) in [7, 11) is 0. The summed E-state index contributed by atoms with van der Waals surface area (Å²) < 4.78 is 1.55. The number of allylic oxidation sites excluding steroid dienone is 4. The first-order valence-corrected chi connectivity index (χ1v) is 8.54. The van der Waals surface area contributed by atoms with Crippen LogP contribution in [-0.2, 0) is 20.4 Å². The molecule has 4 heteroatoms. The Morgan fingerprint density at radius 2 is 1.35 bits per heavy atom. The van der Waals surface area contributed by atoms with Crippen LogP contribution in [0.1, 0.15) is 39.0 Å². The molecule has 0 aromatic heterocycles. The molecule has 0 heterocycles. The van der Waals surface area contributed by atoms with Crippen molar-refractivity contribution in [2.75, 3.05) is 19.8 Å². The summed E-state index contributed by atoms with van der Waals surface area (Å²) in [4.78, 5) is 0. The van der Waals surface area contributed by atoms with Crippen LogP contribution in [0.3, 0.4) is 0 Å². The zero-order valence-electron chi connectivity index (χ0n) is 14.4. The van der Waals surface area contributed by atoms with Gasteiger partial charge in [0.1, 0.15) is 0 Å². The Hall–Kier alpha value is -0.706. The van der Waals surface area contributed by atoms with Crippen LogP contribution in [0.25, 0.3) is 0 Å². The van der Waals surface area contributed by atoms with Gasteiger partial charge in [-0.1, -0.05) is 37.5 Å². The van der Waals surface area contributed by atoms with Crippen molar-refractivity contribution in [2.45, 2.75) is 39.0 Å². The molecule has 0 saturated carbocycles. The van der Waals surface area contributed by atoms with Crippen molar-refractivity contribution in [1.29, 1.82) is 0 Å². The predicted molar refractivity (Wildman–Crippen MR) is 90.1 cm³/mol. The summed E-state index contributed by atoms with van der Waals surface area (Å²) in [5.41, 5.74) is 1.53. The summed E-state index contributed by atoms with van der Waals surface area (Å²) in [6.07, 6.45) is 13.5. The van der Waals surface area contributed by atoms with E-state index in [4.69, 9.17) is 0 Å². The number of rotatable bonds is 7. The van der Waals surface area contributed by atoms with Crippen molar-refractivity contribution in [3.05, 3.63) is 59.6 Å². The third-order valence-electron chi connectivity index (χ3n) is 2.38. The molecule has 1 aliphatic carbocycles. The molecule has 0 unspecified atom stereocenters. The second kappa shape index (κ2) is 26.2. The van der Waals surface area contributed by atoms with Gasteiger partial charge in [-0.05, 0) is 0 Å². The van der Waals surface area contributed by atoms with E-state index in [-0.39, 0.29) is 19.8 Å². The SMILES string of the molecule is C=CCC[O-].C=CCC[O-].C=CCC[O-].CCC1=[C]([Ti+3])CC=C1. The summed E-state index contributed by atoms with van der Waals surface area (Å²) >= 11 is 2.21. The average Bonchev–Trinajstić information content (AvgIpc) is 2.97. The summed E-state index contributed by atoms with van der Waals surface area (Å²) in [5, 5.41) is 28.4. The standard InChI is InChI=1S/C7H9.3C4H7O.Ti/c1-2-7-5-3-4-6-7;3*1-2-3-4-5;/h3,5H,2,4H2,1H3;3*2H,1,3-4H2;/q;3*-1;+3. The molecule has 0 aliphatic heterocycles. The summed E-state index contributed by atoms with van der Waals surface area (Å²) in [6, 6.07) is 0. The molecule has 3 nitrogen and oxygen atoms in total. The van der Waals surface area contributed by atoms with Gasteiger partial charge in [0.15, 0.2) is 0 Å². The third-order valence-corrected chi connectivity index (χ3v) is 3.20. The molecule has 0 radical (unpaired) electrons. The second-order valence-electron chi connectivity index (χ2n) is 4.31. The van der Waals surface area contributed by atoms with Crippen molar-refractivity contribution in [1.82, 2.24) is 0 Å². The van der Waals surface area contributed by atoms with E-state index < -0.39 is 0 Å². The molecule has 0 bridgehead atoms. The van der Waals surface area contributed by atoms with Crippen molar-refractivity contribution >= 4 is 0 Å². The molecule has 0 atom stereocenters. The number of hydrogen-bond donors (Lipinski definition) is 0. The van der Waals surface area contributed by atoms with Gasteiger partial charge in [-0.25, -0.2) is 0 Å². The van der Waals surface area contributed by atoms with Crippen LogP contribution in [-0.4, -0.2) is 19.8 Å². The first kappa shape index (κ1) is 27.2. The zero-order valence-corrected chi connectivity index (χ0v) is 16.0. The van der Waals surface area contributed by atoms with Crippen LogP contribution in [0.4, 0.5) is 0 Å². The fourth-order valence-electron chi connectivity index (χ4n) is 1.13. The normalized spacial score (nSPS) is 11.2. The molecular formula is C19H30O3Ti. The van der Waals surface area contributed by atoms with Gasteiger partial charge in [-0.3, -0.25) is 0 Å². The molecule has 0 N–H and O–H groups in total. The van der Waals surface area contributed by atoms with Gasteiger partial charge in [0.2, 0.25) is 0 Å². The van der Waals surface area contributed by atoms with E-state index in [9.17, 15) is 15.3 Å². The van der Waals surface area contributed by atoms with Crippen molar-refractivity contribution < 1.29 is 35.8 Å². The van der Waals surface area contributed by atoms with Crippen molar-refractivity contribution in [2.24, 2.45) is 0 Å². The Bertz CT molecular complexity index is 310. The topological polar surface area (TPSA) is 69.2 Å². The van der Waals surface area contributed by atoms with Crippen LogP contribution in [0.15, 0.2) is 59.6 Å². The fraction of sp³-hybridized carbons (Fsp3) is 0.474. The molecule has 1 aliphatic rings. The Balaban J connectivity index is -0.000000240. The molecular weight excluding hydrogens is 324 g/mol. The van der Waals surface area contributed by atoms with Crippen LogP contribution in [0, 0.1) is 0 Å². The van der Waals surface area contributed by atoms with Crippen LogP contribution >= 0.6 is 0 Å². The molecule has 0 amide bonds. The van der Waals surface area contributed by atoms with Gasteiger partial charge in [-0.15, -0.1) is 39.6 Å². The Morgan fingerprint density at radius 1 is 0.957 bits per heavy atom. The monoisotopic (exact) mass is 354 g/mol. The first-order valence-electron chi connectivity index (χ1n) is 7.76. The summed E-state index contributed by atoms with van der Waals surface area (Å²) in [5.74, 6) is 0. The molecule has 23 heavy (non-hydrogen) atoms. The number of hydrogen-bond acceptors (Lipinski definition) is 3. The minimum atomic E-state index is -0.0243. The van der Waals surface area contributed by atoms with E-state index in [1.54, 1.807) is 22.1 Å². The molecule has 0 aromatic rings. The quantitative estimate of drug-likeness (QED) is 0.518. The van der Waals surface area contributed by atoms with Gasteiger partial charge in [-0.2, -0.15) is 0 Å². The molecule has 0 saturated heterocycles. The van der Waals surface area contributed by atoms with Crippen molar-refractivity contribution in [3.63, 3.8) is 0 Å². The molecule has 0 fully saturated rings. The second-order valence-corrected chi connectivity index (χ2v) is 5.25. The maximum atomic E-state index is 9.46. The molecule has 0 aromatic carbocycles. The van der Waals surface area contributed by atoms with E-state index >= 15 is 0 Å². The van der Waals surface area contributed by atoms with Crippen LogP contribution < -0.4 is 15.3 Å². The Kier molecular flexibility index (Phi) is 30.9. The molecule has 1 rings (SSSR count).